The summed E-state index contributed by atoms with van der Waals surface area (Å²) in [6.45, 7) is 9.76. The average molecular weight is 296 g/mol. The number of piperidine rings is 1. The van der Waals surface area contributed by atoms with E-state index in [1.807, 2.05) is 20.8 Å². The van der Waals surface area contributed by atoms with E-state index in [2.05, 4.69) is 13.0 Å². The van der Waals surface area contributed by atoms with E-state index in [9.17, 15) is 4.79 Å². The van der Waals surface area contributed by atoms with Gasteiger partial charge in [-0.25, -0.2) is 4.79 Å². The fourth-order valence-corrected chi connectivity index (χ4v) is 2.26. The molecule has 0 bridgehead atoms. The molecule has 0 unspecified atom stereocenters. The monoisotopic (exact) mass is 296 g/mol. The van der Waals surface area contributed by atoms with Gasteiger partial charge in [0.05, 0.1) is 11.7 Å². The summed E-state index contributed by atoms with van der Waals surface area (Å²) in [4.78, 5) is 13.7. The second-order valence-electron chi connectivity index (χ2n) is 6.88. The van der Waals surface area contributed by atoms with Gasteiger partial charge in [-0.3, -0.25) is 0 Å². The summed E-state index contributed by atoms with van der Waals surface area (Å²) in [5.41, 5.74) is -0.611. The van der Waals surface area contributed by atoms with Crippen molar-refractivity contribution in [2.75, 3.05) is 19.7 Å². The molecule has 120 valence electrons. The zero-order valence-corrected chi connectivity index (χ0v) is 13.8. The van der Waals surface area contributed by atoms with Gasteiger partial charge in [-0.2, -0.15) is 5.26 Å². The molecule has 0 aromatic heterocycles. The molecule has 0 atom stereocenters. The normalized spacial score (nSPS) is 18.1. The molecule has 0 aliphatic carbocycles. The SMILES string of the molecule is CC(C)(C)OC(=O)N1CCC(C)(OCCCCC#N)CC1. The van der Waals surface area contributed by atoms with Crippen LogP contribution in [0.25, 0.3) is 0 Å². The molecule has 1 saturated heterocycles. The zero-order chi connectivity index (χ0) is 15.9. The Labute approximate surface area is 128 Å². The first kappa shape index (κ1) is 17.8. The summed E-state index contributed by atoms with van der Waals surface area (Å²) < 4.78 is 11.3. The predicted octanol–water partition coefficient (Wildman–Crippen LogP) is 3.49. The van der Waals surface area contributed by atoms with Crippen molar-refractivity contribution in [3.8, 4) is 6.07 Å². The van der Waals surface area contributed by atoms with E-state index in [-0.39, 0.29) is 11.7 Å². The molecule has 0 saturated carbocycles. The largest absolute Gasteiger partial charge is 0.444 e. The number of hydrogen-bond donors (Lipinski definition) is 0. The molecule has 1 rings (SSSR count). The van der Waals surface area contributed by atoms with Crippen LogP contribution in [0.2, 0.25) is 0 Å². The van der Waals surface area contributed by atoms with E-state index in [0.29, 0.717) is 26.1 Å². The molecular formula is C16H28N2O3. The lowest BCUT2D eigenvalue weighted by molar-refractivity contribution is -0.0733. The maximum absolute atomic E-state index is 12.0. The molecule has 5 nitrogen and oxygen atoms in total. The predicted molar refractivity (Wildman–Crippen MR) is 80.9 cm³/mol. The van der Waals surface area contributed by atoms with Crippen molar-refractivity contribution in [2.24, 2.45) is 0 Å². The van der Waals surface area contributed by atoms with E-state index in [4.69, 9.17) is 14.7 Å². The van der Waals surface area contributed by atoms with E-state index < -0.39 is 5.60 Å². The van der Waals surface area contributed by atoms with Gasteiger partial charge in [0.2, 0.25) is 0 Å². The molecule has 0 aromatic carbocycles. The number of hydrogen-bond acceptors (Lipinski definition) is 4. The Morgan fingerprint density at radius 1 is 1.29 bits per heavy atom. The molecule has 0 N–H and O–H groups in total. The molecule has 1 amide bonds. The van der Waals surface area contributed by atoms with Crippen molar-refractivity contribution in [3.05, 3.63) is 0 Å². The zero-order valence-electron chi connectivity index (χ0n) is 13.8. The van der Waals surface area contributed by atoms with Gasteiger partial charge >= 0.3 is 6.09 Å². The number of nitriles is 1. The summed E-state index contributed by atoms with van der Waals surface area (Å²) in [7, 11) is 0. The van der Waals surface area contributed by atoms with Crippen LogP contribution in [0.1, 0.15) is 59.8 Å². The molecular weight excluding hydrogens is 268 g/mol. The van der Waals surface area contributed by atoms with Crippen LogP contribution in [0.15, 0.2) is 0 Å². The second-order valence-corrected chi connectivity index (χ2v) is 6.88. The number of ether oxygens (including phenoxy) is 2. The third-order valence-corrected chi connectivity index (χ3v) is 3.61. The van der Waals surface area contributed by atoms with Gasteiger partial charge in [0.15, 0.2) is 0 Å². The summed E-state index contributed by atoms with van der Waals surface area (Å²) in [6.07, 6.45) is 3.80. The van der Waals surface area contributed by atoms with Gasteiger partial charge in [0.1, 0.15) is 5.60 Å². The van der Waals surface area contributed by atoms with Crippen molar-refractivity contribution >= 4 is 6.09 Å². The number of carbonyl (C=O) groups is 1. The highest BCUT2D eigenvalue weighted by Crippen LogP contribution is 2.27. The minimum absolute atomic E-state index is 0.162. The molecule has 0 aromatic rings. The lowest BCUT2D eigenvalue weighted by Gasteiger charge is -2.39. The Morgan fingerprint density at radius 3 is 2.43 bits per heavy atom. The summed E-state index contributed by atoms with van der Waals surface area (Å²) in [5, 5.41) is 8.49. The van der Waals surface area contributed by atoms with Crippen molar-refractivity contribution in [1.29, 1.82) is 5.26 Å². The number of unbranched alkanes of at least 4 members (excludes halogenated alkanes) is 2. The van der Waals surface area contributed by atoms with Gasteiger partial charge in [-0.05, 0) is 53.4 Å². The minimum atomic E-state index is -0.449. The van der Waals surface area contributed by atoms with Crippen molar-refractivity contribution in [1.82, 2.24) is 4.90 Å². The Hall–Kier alpha value is -1.28. The molecule has 1 fully saturated rings. The van der Waals surface area contributed by atoms with Gasteiger partial charge in [-0.1, -0.05) is 0 Å². The van der Waals surface area contributed by atoms with Crippen LogP contribution in [0.5, 0.6) is 0 Å². The second kappa shape index (κ2) is 7.65. The van der Waals surface area contributed by atoms with Crippen LogP contribution in [0.3, 0.4) is 0 Å². The van der Waals surface area contributed by atoms with Crippen molar-refractivity contribution in [3.63, 3.8) is 0 Å². The van der Waals surface area contributed by atoms with Crippen LogP contribution in [-0.2, 0) is 9.47 Å². The molecule has 0 spiro atoms. The number of carbonyl (C=O) groups excluding carboxylic acids is 1. The highest BCUT2D eigenvalue weighted by atomic mass is 16.6. The number of rotatable bonds is 5. The maximum Gasteiger partial charge on any atom is 0.410 e. The Morgan fingerprint density at radius 2 is 1.90 bits per heavy atom. The Kier molecular flexibility index (Phi) is 6.47. The van der Waals surface area contributed by atoms with Crippen LogP contribution >= 0.6 is 0 Å². The van der Waals surface area contributed by atoms with Gasteiger partial charge in [0, 0.05) is 26.1 Å². The van der Waals surface area contributed by atoms with Gasteiger partial charge in [-0.15, -0.1) is 0 Å². The van der Waals surface area contributed by atoms with Gasteiger partial charge in [0.25, 0.3) is 0 Å². The standard InChI is InChI=1S/C16H28N2O3/c1-15(2,3)21-14(19)18-11-8-16(4,9-12-18)20-13-7-5-6-10-17/h5-9,11-13H2,1-4H3. The first-order valence-electron chi connectivity index (χ1n) is 7.75. The summed E-state index contributed by atoms with van der Waals surface area (Å²) in [6, 6.07) is 2.14. The number of amides is 1. The average Bonchev–Trinajstić information content (AvgIpc) is 2.37. The van der Waals surface area contributed by atoms with Crippen molar-refractivity contribution < 1.29 is 14.3 Å². The smallest absolute Gasteiger partial charge is 0.410 e. The van der Waals surface area contributed by atoms with Crippen molar-refractivity contribution in [2.45, 2.75) is 71.0 Å². The van der Waals surface area contributed by atoms with Crippen LogP contribution < -0.4 is 0 Å². The molecule has 1 aliphatic heterocycles. The lowest BCUT2D eigenvalue weighted by atomic mass is 9.93. The highest BCUT2D eigenvalue weighted by Gasteiger charge is 2.34. The first-order valence-corrected chi connectivity index (χ1v) is 7.75. The Balaban J connectivity index is 2.30. The molecule has 0 radical (unpaired) electrons. The first-order chi connectivity index (χ1) is 9.76. The van der Waals surface area contributed by atoms with Crippen LogP contribution in [0.4, 0.5) is 4.79 Å². The van der Waals surface area contributed by atoms with Crippen LogP contribution in [0, 0.1) is 11.3 Å². The third kappa shape index (κ3) is 6.81. The third-order valence-electron chi connectivity index (χ3n) is 3.61. The molecule has 21 heavy (non-hydrogen) atoms. The van der Waals surface area contributed by atoms with E-state index in [0.717, 1.165) is 25.7 Å². The molecule has 1 aliphatic rings. The minimum Gasteiger partial charge on any atom is -0.444 e. The fourth-order valence-electron chi connectivity index (χ4n) is 2.26. The summed E-state index contributed by atoms with van der Waals surface area (Å²) >= 11 is 0. The van der Waals surface area contributed by atoms with Gasteiger partial charge < -0.3 is 14.4 Å². The molecule has 1 heterocycles. The fraction of sp³-hybridized carbons (Fsp3) is 0.875. The highest BCUT2D eigenvalue weighted by molar-refractivity contribution is 5.68. The Bertz CT molecular complexity index is 374. The maximum atomic E-state index is 12.0. The lowest BCUT2D eigenvalue weighted by Crippen LogP contribution is -2.48. The number of nitrogens with zero attached hydrogens (tertiary/aromatic N) is 2. The number of likely N-dealkylation sites (tertiary alicyclic amines) is 1. The quantitative estimate of drug-likeness (QED) is 0.729. The topological polar surface area (TPSA) is 62.6 Å². The van der Waals surface area contributed by atoms with Crippen LogP contribution in [-0.4, -0.2) is 41.9 Å². The van der Waals surface area contributed by atoms with E-state index in [1.54, 1.807) is 4.90 Å². The summed E-state index contributed by atoms with van der Waals surface area (Å²) in [5.74, 6) is 0. The molecule has 5 heteroatoms. The van der Waals surface area contributed by atoms with E-state index in [1.165, 1.54) is 0 Å². The van der Waals surface area contributed by atoms with E-state index >= 15 is 0 Å².